The van der Waals surface area contributed by atoms with Crippen molar-refractivity contribution in [2.45, 2.75) is 97.9 Å². The first-order valence-electron chi connectivity index (χ1n) is 18.7. The Bertz CT molecular complexity index is 1890. The minimum Gasteiger partial charge on any atom is -0.481 e. The Morgan fingerprint density at radius 1 is 0.607 bits per heavy atom. The fourth-order valence-electron chi connectivity index (χ4n) is 5.64. The minimum absolute atomic E-state index is 0.168. The summed E-state index contributed by atoms with van der Waals surface area (Å²) < 4.78 is 10.6. The van der Waals surface area contributed by atoms with Gasteiger partial charge in [-0.3, -0.25) is 4.79 Å². The normalized spacial score (nSPS) is 13.2. The number of carbonyl (C=O) groups is 4. The number of ether oxygens (including phenoxy) is 2. The lowest BCUT2D eigenvalue weighted by molar-refractivity contribution is -0.141. The average Bonchev–Trinajstić information content (AvgIpc) is 3.11. The predicted molar refractivity (Wildman–Crippen MR) is 220 cm³/mol. The summed E-state index contributed by atoms with van der Waals surface area (Å²) in [6.45, 7) is 13.9. The molecule has 10 heteroatoms. The van der Waals surface area contributed by atoms with E-state index in [2.05, 4.69) is 22.8 Å². The molecule has 0 heterocycles. The van der Waals surface area contributed by atoms with Crippen LogP contribution in [0, 0.1) is 5.92 Å². The first kappa shape index (κ1) is 44.5. The number of hydrogen-bond acceptors (Lipinski definition) is 6. The molecule has 3 unspecified atom stereocenters. The number of hydrogen-bond donors (Lipinski definition) is 4. The molecule has 4 N–H and O–H groups in total. The number of aliphatic carboxylic acids is 2. The highest BCUT2D eigenvalue weighted by atomic mass is 16.6. The lowest BCUT2D eigenvalue weighted by Gasteiger charge is -2.24. The van der Waals surface area contributed by atoms with E-state index in [1.54, 1.807) is 48.5 Å². The molecule has 0 saturated carbocycles. The number of benzene rings is 4. The molecule has 4 aromatic rings. The summed E-state index contributed by atoms with van der Waals surface area (Å²) in [5.74, 6) is -2.46. The maximum absolute atomic E-state index is 12.2. The molecule has 10 nitrogen and oxygen atoms in total. The van der Waals surface area contributed by atoms with Crippen molar-refractivity contribution in [1.82, 2.24) is 10.6 Å². The van der Waals surface area contributed by atoms with Gasteiger partial charge in [-0.15, -0.1) is 0 Å². The van der Waals surface area contributed by atoms with Crippen LogP contribution in [-0.4, -0.2) is 57.6 Å². The molecular formula is C46H56N2O8. The molecule has 0 aromatic heterocycles. The van der Waals surface area contributed by atoms with Crippen molar-refractivity contribution < 1.29 is 38.9 Å². The second kappa shape index (κ2) is 20.7. The fraction of sp³-hybridized carbons (Fsp3) is 0.348. The van der Waals surface area contributed by atoms with Crippen molar-refractivity contribution in [3.05, 3.63) is 132 Å². The van der Waals surface area contributed by atoms with Crippen LogP contribution < -0.4 is 10.6 Å². The zero-order valence-electron chi connectivity index (χ0n) is 33.7. The van der Waals surface area contributed by atoms with Crippen molar-refractivity contribution >= 4 is 24.1 Å². The molecule has 0 bridgehead atoms. The van der Waals surface area contributed by atoms with Gasteiger partial charge in [0.05, 0.1) is 12.0 Å². The maximum atomic E-state index is 12.2. The highest BCUT2D eigenvalue weighted by Gasteiger charge is 2.24. The number of alkyl carbamates (subject to hydrolysis) is 2. The van der Waals surface area contributed by atoms with Crippen LogP contribution >= 0.6 is 0 Å². The summed E-state index contributed by atoms with van der Waals surface area (Å²) in [5.41, 5.74) is 5.41. The van der Waals surface area contributed by atoms with E-state index in [-0.39, 0.29) is 11.6 Å². The Morgan fingerprint density at radius 3 is 1.39 bits per heavy atom. The van der Waals surface area contributed by atoms with E-state index in [9.17, 15) is 24.3 Å². The summed E-state index contributed by atoms with van der Waals surface area (Å²) >= 11 is 0. The molecule has 4 rings (SSSR count). The third kappa shape index (κ3) is 16.6. The maximum Gasteiger partial charge on any atom is 0.408 e. The molecule has 298 valence electrons. The largest absolute Gasteiger partial charge is 0.481 e. The van der Waals surface area contributed by atoms with Crippen LogP contribution in [0.3, 0.4) is 0 Å². The van der Waals surface area contributed by atoms with Crippen LogP contribution in [0.1, 0.15) is 72.9 Å². The lowest BCUT2D eigenvalue weighted by Crippen LogP contribution is -2.41. The summed E-state index contributed by atoms with van der Waals surface area (Å²) in [7, 11) is 0. The standard InChI is InChI=1S/C23H29NO4.C23H27NO4/c2*1-16(21(25)26)14-20(24-22(27)28-23(2,3)4)15-17-10-12-19(13-11-17)18-8-6-5-7-9-18/h5-13,16,20H,14-15H2,1-4H3,(H,24,27)(H,25,26);5-14,20H,15H2,1-4H3,(H,24,27)(H,25,26)/b;16-14-. The van der Waals surface area contributed by atoms with E-state index in [4.69, 9.17) is 14.6 Å². The molecule has 0 radical (unpaired) electrons. The number of carboxylic acid groups (broad SMARTS) is 2. The topological polar surface area (TPSA) is 151 Å². The zero-order valence-corrected chi connectivity index (χ0v) is 33.7. The number of rotatable bonds is 13. The van der Waals surface area contributed by atoms with Crippen molar-refractivity contribution in [3.8, 4) is 22.3 Å². The van der Waals surface area contributed by atoms with Crippen molar-refractivity contribution in [3.63, 3.8) is 0 Å². The van der Waals surface area contributed by atoms with Gasteiger partial charge in [-0.25, -0.2) is 14.4 Å². The Kier molecular flexibility index (Phi) is 16.4. The highest BCUT2D eigenvalue weighted by Crippen LogP contribution is 2.22. The van der Waals surface area contributed by atoms with Crippen LogP contribution in [0.25, 0.3) is 22.3 Å². The molecule has 56 heavy (non-hydrogen) atoms. The summed E-state index contributed by atoms with van der Waals surface area (Å²) in [6.07, 6.45) is 1.75. The molecule has 2 amide bonds. The molecule has 3 atom stereocenters. The molecule has 4 aromatic carbocycles. The van der Waals surface area contributed by atoms with Gasteiger partial charge >= 0.3 is 24.1 Å². The Morgan fingerprint density at radius 2 is 1.00 bits per heavy atom. The second-order valence-corrected chi connectivity index (χ2v) is 15.8. The molecular weight excluding hydrogens is 709 g/mol. The summed E-state index contributed by atoms with van der Waals surface area (Å²) in [4.78, 5) is 46.8. The molecule has 0 aliphatic rings. The van der Waals surface area contributed by atoms with Crippen LogP contribution in [-0.2, 0) is 31.9 Å². The van der Waals surface area contributed by atoms with E-state index >= 15 is 0 Å². The van der Waals surface area contributed by atoms with E-state index in [1.807, 2.05) is 97.1 Å². The van der Waals surface area contributed by atoms with Crippen molar-refractivity contribution in [1.29, 1.82) is 0 Å². The van der Waals surface area contributed by atoms with Gasteiger partial charge in [0, 0.05) is 11.6 Å². The van der Waals surface area contributed by atoms with E-state index < -0.39 is 47.3 Å². The van der Waals surface area contributed by atoms with Gasteiger partial charge in [0.2, 0.25) is 0 Å². The lowest BCUT2D eigenvalue weighted by atomic mass is 9.95. The van der Waals surface area contributed by atoms with Crippen LogP contribution in [0.2, 0.25) is 0 Å². The minimum atomic E-state index is -1.02. The number of carboxylic acids is 2. The van der Waals surface area contributed by atoms with Gasteiger partial charge in [-0.05, 0) is 101 Å². The number of nitrogens with one attached hydrogen (secondary N) is 2. The number of amides is 2. The molecule has 0 aliphatic heterocycles. The Hall–Kier alpha value is -5.90. The summed E-state index contributed by atoms with van der Waals surface area (Å²) in [6, 6.07) is 35.4. The van der Waals surface area contributed by atoms with Crippen molar-refractivity contribution in [2.75, 3.05) is 0 Å². The quantitative estimate of drug-likeness (QED) is 0.0983. The Balaban J connectivity index is 0.000000300. The van der Waals surface area contributed by atoms with Gasteiger partial charge < -0.3 is 30.3 Å². The third-order valence-corrected chi connectivity index (χ3v) is 8.33. The molecule has 0 fully saturated rings. The van der Waals surface area contributed by atoms with Gasteiger partial charge in [-0.1, -0.05) is 122 Å². The first-order chi connectivity index (χ1) is 26.3. The molecule has 0 spiro atoms. The first-order valence-corrected chi connectivity index (χ1v) is 18.7. The van der Waals surface area contributed by atoms with Crippen molar-refractivity contribution in [2.24, 2.45) is 5.92 Å². The Labute approximate surface area is 331 Å². The van der Waals surface area contributed by atoms with Gasteiger partial charge in [0.1, 0.15) is 11.2 Å². The highest BCUT2D eigenvalue weighted by molar-refractivity contribution is 5.86. The van der Waals surface area contributed by atoms with E-state index in [1.165, 1.54) is 13.0 Å². The van der Waals surface area contributed by atoms with Crippen LogP contribution in [0.5, 0.6) is 0 Å². The third-order valence-electron chi connectivity index (χ3n) is 8.33. The molecule has 0 aliphatic carbocycles. The zero-order chi connectivity index (χ0) is 41.5. The summed E-state index contributed by atoms with van der Waals surface area (Å²) in [5, 5.41) is 24.0. The SMILES string of the molecule is C/C(=C/C(Cc1ccc(-c2ccccc2)cc1)NC(=O)OC(C)(C)C)C(=O)O.CC(CC(Cc1ccc(-c2ccccc2)cc1)NC(=O)OC(C)(C)C)C(=O)O. The smallest absolute Gasteiger partial charge is 0.408 e. The molecule has 0 saturated heterocycles. The van der Waals surface area contributed by atoms with Crippen LogP contribution in [0.15, 0.2) is 121 Å². The van der Waals surface area contributed by atoms with Gasteiger partial charge in [0.15, 0.2) is 0 Å². The van der Waals surface area contributed by atoms with E-state index in [0.29, 0.717) is 19.3 Å². The average molecular weight is 765 g/mol. The van der Waals surface area contributed by atoms with Gasteiger partial charge in [0.25, 0.3) is 0 Å². The fourth-order valence-corrected chi connectivity index (χ4v) is 5.64. The van der Waals surface area contributed by atoms with Gasteiger partial charge in [-0.2, -0.15) is 0 Å². The second-order valence-electron chi connectivity index (χ2n) is 15.8. The van der Waals surface area contributed by atoms with Crippen LogP contribution in [0.4, 0.5) is 9.59 Å². The predicted octanol–water partition coefficient (Wildman–Crippen LogP) is 9.72. The number of carbonyl (C=O) groups excluding carboxylic acids is 2. The van der Waals surface area contributed by atoms with E-state index in [0.717, 1.165) is 33.4 Å². The monoisotopic (exact) mass is 764 g/mol.